The molecule has 6 nitrogen and oxygen atoms in total. The minimum atomic E-state index is 0.345. The Bertz CT molecular complexity index is 765. The summed E-state index contributed by atoms with van der Waals surface area (Å²) in [6.07, 6.45) is 1.59. The van der Waals surface area contributed by atoms with Crippen LogP contribution in [0.4, 0.5) is 0 Å². The molecule has 0 atom stereocenters. The molecule has 0 aliphatic carbocycles. The van der Waals surface area contributed by atoms with Crippen LogP contribution in [0.15, 0.2) is 41.1 Å². The lowest BCUT2D eigenvalue weighted by Gasteiger charge is -1.98. The smallest absolute Gasteiger partial charge is 0.274 e. The number of hydrogen-bond acceptors (Lipinski definition) is 5. The van der Waals surface area contributed by atoms with Gasteiger partial charge in [0, 0.05) is 11.8 Å². The van der Waals surface area contributed by atoms with Crippen LogP contribution in [0.5, 0.6) is 5.75 Å². The van der Waals surface area contributed by atoms with E-state index in [9.17, 15) is 0 Å². The second-order valence-corrected chi connectivity index (χ2v) is 4.07. The molecule has 0 aliphatic heterocycles. The van der Waals surface area contributed by atoms with Crippen molar-refractivity contribution in [1.29, 1.82) is 5.26 Å². The van der Waals surface area contributed by atoms with Gasteiger partial charge < -0.3 is 14.2 Å². The standard InChI is InChI=1S/C14H10N4O2/c1-19-11-4-2-10(3-5-11)13-17-14(20-18-13)12-6-9(7-15)8-16-12/h2-6,8,16H,1H3. The van der Waals surface area contributed by atoms with Gasteiger partial charge in [-0.2, -0.15) is 10.2 Å². The molecule has 3 rings (SSSR count). The highest BCUT2D eigenvalue weighted by Gasteiger charge is 2.12. The summed E-state index contributed by atoms with van der Waals surface area (Å²) in [4.78, 5) is 7.21. The third-order valence-electron chi connectivity index (χ3n) is 2.82. The Morgan fingerprint density at radius 3 is 2.75 bits per heavy atom. The van der Waals surface area contributed by atoms with Gasteiger partial charge in [-0.15, -0.1) is 0 Å². The number of nitrogens with zero attached hydrogens (tertiary/aromatic N) is 3. The normalized spacial score (nSPS) is 10.2. The summed E-state index contributed by atoms with van der Waals surface area (Å²) < 4.78 is 10.3. The maximum absolute atomic E-state index is 8.78. The van der Waals surface area contributed by atoms with Crippen LogP contribution in [0.25, 0.3) is 23.0 Å². The molecule has 2 heterocycles. The topological polar surface area (TPSA) is 87.7 Å². The van der Waals surface area contributed by atoms with E-state index in [-0.39, 0.29) is 0 Å². The van der Waals surface area contributed by atoms with E-state index < -0.39 is 0 Å². The molecule has 1 aromatic carbocycles. The zero-order valence-corrected chi connectivity index (χ0v) is 10.6. The lowest BCUT2D eigenvalue weighted by atomic mass is 10.2. The molecule has 0 saturated heterocycles. The minimum Gasteiger partial charge on any atom is -0.497 e. The molecule has 20 heavy (non-hydrogen) atoms. The van der Waals surface area contributed by atoms with Crippen molar-refractivity contribution in [1.82, 2.24) is 15.1 Å². The number of nitrogens with one attached hydrogen (secondary N) is 1. The molecule has 3 aromatic rings. The first-order chi connectivity index (χ1) is 9.80. The number of ether oxygens (including phenoxy) is 1. The summed E-state index contributed by atoms with van der Waals surface area (Å²) in [6.45, 7) is 0. The zero-order valence-electron chi connectivity index (χ0n) is 10.6. The average molecular weight is 266 g/mol. The molecule has 0 amide bonds. The summed E-state index contributed by atoms with van der Waals surface area (Å²) in [7, 11) is 1.61. The molecule has 0 aliphatic rings. The Labute approximate surface area is 114 Å². The largest absolute Gasteiger partial charge is 0.497 e. The van der Waals surface area contributed by atoms with Crippen molar-refractivity contribution in [2.45, 2.75) is 0 Å². The van der Waals surface area contributed by atoms with Crippen molar-refractivity contribution in [3.63, 3.8) is 0 Å². The number of benzene rings is 1. The van der Waals surface area contributed by atoms with Crippen molar-refractivity contribution in [3.05, 3.63) is 42.1 Å². The fourth-order valence-electron chi connectivity index (χ4n) is 1.77. The van der Waals surface area contributed by atoms with Crippen molar-refractivity contribution in [2.75, 3.05) is 7.11 Å². The Morgan fingerprint density at radius 1 is 1.30 bits per heavy atom. The van der Waals surface area contributed by atoms with Crippen LogP contribution in [0.1, 0.15) is 5.56 Å². The monoisotopic (exact) mass is 266 g/mol. The number of aromatic nitrogens is 3. The van der Waals surface area contributed by atoms with Crippen molar-refractivity contribution < 1.29 is 9.26 Å². The Balaban J connectivity index is 1.91. The van der Waals surface area contributed by atoms with E-state index in [1.807, 2.05) is 30.3 Å². The zero-order chi connectivity index (χ0) is 13.9. The number of hydrogen-bond donors (Lipinski definition) is 1. The predicted molar refractivity (Wildman–Crippen MR) is 70.8 cm³/mol. The maximum atomic E-state index is 8.78. The first-order valence-corrected chi connectivity index (χ1v) is 5.87. The fraction of sp³-hybridized carbons (Fsp3) is 0.0714. The van der Waals surface area contributed by atoms with Crippen LogP contribution < -0.4 is 4.74 Å². The van der Waals surface area contributed by atoms with Crippen LogP contribution in [0.3, 0.4) is 0 Å². The van der Waals surface area contributed by atoms with Gasteiger partial charge in [0.2, 0.25) is 5.82 Å². The molecular formula is C14H10N4O2. The van der Waals surface area contributed by atoms with Gasteiger partial charge in [0.1, 0.15) is 17.5 Å². The number of methoxy groups -OCH3 is 1. The van der Waals surface area contributed by atoms with Gasteiger partial charge in [0.25, 0.3) is 5.89 Å². The molecule has 0 radical (unpaired) electrons. The van der Waals surface area contributed by atoms with Crippen LogP contribution in [0.2, 0.25) is 0 Å². The molecular weight excluding hydrogens is 256 g/mol. The molecule has 1 N–H and O–H groups in total. The van der Waals surface area contributed by atoms with E-state index in [0.29, 0.717) is 23.0 Å². The van der Waals surface area contributed by atoms with Crippen LogP contribution >= 0.6 is 0 Å². The summed E-state index contributed by atoms with van der Waals surface area (Å²) in [5.74, 6) is 1.59. The van der Waals surface area contributed by atoms with Gasteiger partial charge in [-0.05, 0) is 30.3 Å². The summed E-state index contributed by atoms with van der Waals surface area (Å²) in [5, 5.41) is 12.7. The Kier molecular flexibility index (Phi) is 2.94. The Morgan fingerprint density at radius 2 is 2.10 bits per heavy atom. The fourth-order valence-corrected chi connectivity index (χ4v) is 1.77. The van der Waals surface area contributed by atoms with E-state index in [4.69, 9.17) is 14.5 Å². The van der Waals surface area contributed by atoms with Crippen molar-refractivity contribution in [2.24, 2.45) is 0 Å². The molecule has 98 valence electrons. The maximum Gasteiger partial charge on any atom is 0.274 e. The van der Waals surface area contributed by atoms with Gasteiger partial charge in [0.15, 0.2) is 0 Å². The molecule has 0 saturated carbocycles. The van der Waals surface area contributed by atoms with Gasteiger partial charge in [-0.25, -0.2) is 0 Å². The molecule has 0 spiro atoms. The van der Waals surface area contributed by atoms with E-state index in [2.05, 4.69) is 15.1 Å². The van der Waals surface area contributed by atoms with Gasteiger partial charge in [0.05, 0.1) is 12.7 Å². The lowest BCUT2D eigenvalue weighted by Crippen LogP contribution is -1.84. The van der Waals surface area contributed by atoms with E-state index >= 15 is 0 Å². The summed E-state index contributed by atoms with van der Waals surface area (Å²) in [6, 6.07) is 11.0. The third kappa shape index (κ3) is 2.12. The molecule has 2 aromatic heterocycles. The van der Waals surface area contributed by atoms with E-state index in [0.717, 1.165) is 11.3 Å². The van der Waals surface area contributed by atoms with Gasteiger partial charge in [-0.3, -0.25) is 0 Å². The molecule has 0 bridgehead atoms. The average Bonchev–Trinajstić information content (AvgIpc) is 3.16. The van der Waals surface area contributed by atoms with Crippen LogP contribution in [0, 0.1) is 11.3 Å². The quantitative estimate of drug-likeness (QED) is 0.787. The third-order valence-corrected chi connectivity index (χ3v) is 2.82. The predicted octanol–water partition coefficient (Wildman–Crippen LogP) is 2.61. The second-order valence-electron chi connectivity index (χ2n) is 4.07. The highest BCUT2D eigenvalue weighted by atomic mass is 16.5. The van der Waals surface area contributed by atoms with Crippen molar-refractivity contribution >= 4 is 0 Å². The van der Waals surface area contributed by atoms with E-state index in [1.165, 1.54) is 0 Å². The lowest BCUT2D eigenvalue weighted by molar-refractivity contribution is 0.414. The Hall–Kier alpha value is -3.07. The van der Waals surface area contributed by atoms with E-state index in [1.54, 1.807) is 19.4 Å². The van der Waals surface area contributed by atoms with Crippen LogP contribution in [-0.4, -0.2) is 22.2 Å². The number of nitriles is 1. The van der Waals surface area contributed by atoms with Gasteiger partial charge in [-0.1, -0.05) is 5.16 Å². The SMILES string of the molecule is COc1ccc(-c2noc(-c3cc(C#N)c[nH]3)n2)cc1. The van der Waals surface area contributed by atoms with Gasteiger partial charge >= 0.3 is 0 Å². The molecule has 6 heteroatoms. The van der Waals surface area contributed by atoms with Crippen molar-refractivity contribution in [3.8, 4) is 34.8 Å². The summed E-state index contributed by atoms with van der Waals surface area (Å²) in [5.41, 5.74) is 1.96. The minimum absolute atomic E-state index is 0.345. The van der Waals surface area contributed by atoms with Crippen LogP contribution in [-0.2, 0) is 0 Å². The number of rotatable bonds is 3. The first-order valence-electron chi connectivity index (χ1n) is 5.87. The number of aromatic amines is 1. The molecule has 0 fully saturated rings. The first kappa shape index (κ1) is 12.0. The molecule has 0 unspecified atom stereocenters. The number of H-pyrrole nitrogens is 1. The highest BCUT2D eigenvalue weighted by molar-refractivity contribution is 5.59. The highest BCUT2D eigenvalue weighted by Crippen LogP contribution is 2.23. The second kappa shape index (κ2) is 4.90. The summed E-state index contributed by atoms with van der Waals surface area (Å²) >= 11 is 0.